The summed E-state index contributed by atoms with van der Waals surface area (Å²) < 4.78 is 0. The third-order valence-electron chi connectivity index (χ3n) is 2.13. The van der Waals surface area contributed by atoms with Gasteiger partial charge in [0.2, 0.25) is 0 Å². The van der Waals surface area contributed by atoms with E-state index in [4.69, 9.17) is 10.2 Å². The molecule has 1 unspecified atom stereocenters. The predicted molar refractivity (Wildman–Crippen MR) is 54.8 cm³/mol. The molecule has 1 amide bonds. The fourth-order valence-corrected chi connectivity index (χ4v) is 1.18. The number of aliphatic carboxylic acids is 1. The lowest BCUT2D eigenvalue weighted by molar-refractivity contribution is -0.143. The van der Waals surface area contributed by atoms with Crippen molar-refractivity contribution < 1.29 is 19.8 Å². The molecule has 0 radical (unpaired) electrons. The lowest BCUT2D eigenvalue weighted by atomic mass is 10.2. The molecule has 86 valence electrons. The molecule has 0 aliphatic heterocycles. The minimum absolute atomic E-state index is 0.143. The molecule has 0 aliphatic rings. The third kappa shape index (κ3) is 2.54. The van der Waals surface area contributed by atoms with Gasteiger partial charge in [0.1, 0.15) is 5.69 Å². The third-order valence-corrected chi connectivity index (χ3v) is 2.13. The highest BCUT2D eigenvalue weighted by atomic mass is 16.4. The Morgan fingerprint density at radius 1 is 1.50 bits per heavy atom. The van der Waals surface area contributed by atoms with E-state index in [9.17, 15) is 9.59 Å². The number of carbonyl (C=O) groups excluding carboxylic acids is 1. The fourth-order valence-electron chi connectivity index (χ4n) is 1.18. The van der Waals surface area contributed by atoms with Gasteiger partial charge >= 0.3 is 5.97 Å². The molecule has 0 fully saturated rings. The summed E-state index contributed by atoms with van der Waals surface area (Å²) >= 11 is 0. The Kier molecular flexibility index (Phi) is 3.96. The summed E-state index contributed by atoms with van der Waals surface area (Å²) in [6.45, 7) is -0.635. The molecule has 1 aromatic heterocycles. The maximum absolute atomic E-state index is 11.7. The molecule has 16 heavy (non-hydrogen) atoms. The van der Waals surface area contributed by atoms with E-state index >= 15 is 0 Å². The second kappa shape index (κ2) is 5.22. The molecule has 0 aromatic carbocycles. The number of aliphatic hydroxyl groups is 1. The highest BCUT2D eigenvalue weighted by Crippen LogP contribution is 2.04. The molecule has 6 nitrogen and oxygen atoms in total. The van der Waals surface area contributed by atoms with Crippen molar-refractivity contribution in [1.82, 2.24) is 9.88 Å². The number of rotatable bonds is 4. The zero-order chi connectivity index (χ0) is 12.1. The zero-order valence-corrected chi connectivity index (χ0v) is 8.70. The van der Waals surface area contributed by atoms with E-state index < -0.39 is 24.5 Å². The van der Waals surface area contributed by atoms with Crippen LogP contribution >= 0.6 is 0 Å². The molecular weight excluding hydrogens is 212 g/mol. The molecule has 0 aliphatic carbocycles. The van der Waals surface area contributed by atoms with E-state index in [1.54, 1.807) is 12.1 Å². The van der Waals surface area contributed by atoms with E-state index in [0.717, 1.165) is 4.90 Å². The second-order valence-electron chi connectivity index (χ2n) is 3.17. The van der Waals surface area contributed by atoms with Crippen molar-refractivity contribution in [3.8, 4) is 0 Å². The summed E-state index contributed by atoms with van der Waals surface area (Å²) in [5, 5.41) is 17.6. The van der Waals surface area contributed by atoms with E-state index in [2.05, 4.69) is 4.98 Å². The Hall–Kier alpha value is -1.95. The van der Waals surface area contributed by atoms with Gasteiger partial charge in [-0.1, -0.05) is 6.07 Å². The minimum Gasteiger partial charge on any atom is -0.480 e. The summed E-state index contributed by atoms with van der Waals surface area (Å²) in [6, 6.07) is 3.50. The second-order valence-corrected chi connectivity index (χ2v) is 3.17. The Morgan fingerprint density at radius 3 is 2.62 bits per heavy atom. The number of pyridine rings is 1. The maximum Gasteiger partial charge on any atom is 0.328 e. The lowest BCUT2D eigenvalue weighted by Crippen LogP contribution is -2.45. The molecule has 1 aromatic rings. The molecule has 2 N–H and O–H groups in total. The Bertz CT molecular complexity index is 380. The zero-order valence-electron chi connectivity index (χ0n) is 8.70. The van der Waals surface area contributed by atoms with E-state index in [0.29, 0.717) is 0 Å². The van der Waals surface area contributed by atoms with Gasteiger partial charge in [-0.2, -0.15) is 0 Å². The largest absolute Gasteiger partial charge is 0.480 e. The van der Waals surface area contributed by atoms with Crippen LogP contribution in [0.1, 0.15) is 10.5 Å². The van der Waals surface area contributed by atoms with Crippen molar-refractivity contribution in [3.05, 3.63) is 30.1 Å². The highest BCUT2D eigenvalue weighted by molar-refractivity contribution is 5.94. The van der Waals surface area contributed by atoms with Crippen LogP contribution in [-0.2, 0) is 4.79 Å². The molecule has 0 saturated heterocycles. The number of nitrogens with zero attached hydrogens (tertiary/aromatic N) is 2. The van der Waals surface area contributed by atoms with Crippen LogP contribution in [0.2, 0.25) is 0 Å². The van der Waals surface area contributed by atoms with E-state index in [-0.39, 0.29) is 5.69 Å². The fraction of sp³-hybridized carbons (Fsp3) is 0.300. The first-order valence-electron chi connectivity index (χ1n) is 4.59. The van der Waals surface area contributed by atoms with Crippen LogP contribution in [0.5, 0.6) is 0 Å². The monoisotopic (exact) mass is 224 g/mol. The quantitative estimate of drug-likeness (QED) is 0.726. The molecule has 1 atom stereocenters. The van der Waals surface area contributed by atoms with Gasteiger partial charge in [0.05, 0.1) is 6.61 Å². The van der Waals surface area contributed by atoms with Crippen molar-refractivity contribution in [2.75, 3.05) is 13.7 Å². The first-order valence-corrected chi connectivity index (χ1v) is 4.59. The van der Waals surface area contributed by atoms with Crippen molar-refractivity contribution in [1.29, 1.82) is 0 Å². The van der Waals surface area contributed by atoms with Crippen LogP contribution in [-0.4, -0.2) is 51.7 Å². The van der Waals surface area contributed by atoms with Crippen LogP contribution in [0.25, 0.3) is 0 Å². The molecular formula is C10H12N2O4. The van der Waals surface area contributed by atoms with Crippen LogP contribution in [0.15, 0.2) is 24.4 Å². The lowest BCUT2D eigenvalue weighted by Gasteiger charge is -2.22. The SMILES string of the molecule is CN(C(=O)c1ccccn1)C(CO)C(=O)O. The predicted octanol–water partition coefficient (Wildman–Crippen LogP) is -0.401. The van der Waals surface area contributed by atoms with Gasteiger partial charge in [-0.05, 0) is 12.1 Å². The van der Waals surface area contributed by atoms with Crippen molar-refractivity contribution in [3.63, 3.8) is 0 Å². The number of amides is 1. The van der Waals surface area contributed by atoms with Crippen LogP contribution in [0, 0.1) is 0 Å². The Balaban J connectivity index is 2.86. The number of hydrogen-bond donors (Lipinski definition) is 2. The summed E-state index contributed by atoms with van der Waals surface area (Å²) in [5.74, 6) is -1.80. The normalized spacial score (nSPS) is 11.9. The molecule has 1 heterocycles. The Morgan fingerprint density at radius 2 is 2.19 bits per heavy atom. The van der Waals surface area contributed by atoms with Gasteiger partial charge in [-0.15, -0.1) is 0 Å². The molecule has 6 heteroatoms. The number of carboxylic acid groups (broad SMARTS) is 1. The average molecular weight is 224 g/mol. The molecule has 0 bridgehead atoms. The summed E-state index contributed by atoms with van der Waals surface area (Å²) in [7, 11) is 1.31. The maximum atomic E-state index is 11.7. The standard InChI is InChI=1S/C10H12N2O4/c1-12(8(6-13)10(15)16)9(14)7-4-2-3-5-11-7/h2-5,8,13H,6H2,1H3,(H,15,16). The van der Waals surface area contributed by atoms with Gasteiger partial charge in [0, 0.05) is 13.2 Å². The van der Waals surface area contributed by atoms with E-state index in [1.165, 1.54) is 19.3 Å². The number of likely N-dealkylation sites (N-methyl/N-ethyl adjacent to an activating group) is 1. The van der Waals surface area contributed by atoms with Gasteiger partial charge < -0.3 is 15.1 Å². The number of carboxylic acids is 1. The highest BCUT2D eigenvalue weighted by Gasteiger charge is 2.26. The van der Waals surface area contributed by atoms with Crippen molar-refractivity contribution in [2.24, 2.45) is 0 Å². The van der Waals surface area contributed by atoms with Gasteiger partial charge in [-0.3, -0.25) is 9.78 Å². The van der Waals surface area contributed by atoms with Crippen LogP contribution in [0.4, 0.5) is 0 Å². The van der Waals surface area contributed by atoms with Gasteiger partial charge in [0.15, 0.2) is 6.04 Å². The Labute approximate surface area is 92.1 Å². The summed E-state index contributed by atoms with van der Waals surface area (Å²) in [5.41, 5.74) is 0.143. The van der Waals surface area contributed by atoms with Crippen molar-refractivity contribution >= 4 is 11.9 Å². The van der Waals surface area contributed by atoms with E-state index in [1.807, 2.05) is 0 Å². The first kappa shape index (κ1) is 12.1. The number of aromatic nitrogens is 1. The van der Waals surface area contributed by atoms with Gasteiger partial charge in [0.25, 0.3) is 5.91 Å². The minimum atomic E-state index is -1.26. The summed E-state index contributed by atoms with van der Waals surface area (Å²) in [6.07, 6.45) is 1.44. The van der Waals surface area contributed by atoms with Crippen molar-refractivity contribution in [2.45, 2.75) is 6.04 Å². The van der Waals surface area contributed by atoms with Gasteiger partial charge in [-0.25, -0.2) is 4.79 Å². The first-order chi connectivity index (χ1) is 7.57. The molecule has 0 saturated carbocycles. The number of aliphatic hydroxyl groups excluding tert-OH is 1. The number of hydrogen-bond acceptors (Lipinski definition) is 4. The van der Waals surface area contributed by atoms with Crippen LogP contribution < -0.4 is 0 Å². The smallest absolute Gasteiger partial charge is 0.328 e. The van der Waals surface area contributed by atoms with Crippen LogP contribution in [0.3, 0.4) is 0 Å². The average Bonchev–Trinajstić information content (AvgIpc) is 2.29. The number of carbonyl (C=O) groups is 2. The summed E-state index contributed by atoms with van der Waals surface area (Å²) in [4.78, 5) is 27.2. The topological polar surface area (TPSA) is 90.7 Å². The molecule has 0 spiro atoms. The molecule has 1 rings (SSSR count).